The van der Waals surface area contributed by atoms with Gasteiger partial charge in [0.15, 0.2) is 6.61 Å². The molecule has 0 aliphatic carbocycles. The van der Waals surface area contributed by atoms with Crippen LogP contribution in [0.1, 0.15) is 24.5 Å². The topological polar surface area (TPSA) is 82.0 Å². The lowest BCUT2D eigenvalue weighted by Crippen LogP contribution is -2.31. The molecule has 0 saturated carbocycles. The van der Waals surface area contributed by atoms with Crippen molar-refractivity contribution >= 4 is 22.4 Å². The van der Waals surface area contributed by atoms with Crippen molar-refractivity contribution in [3.8, 4) is 5.88 Å². The maximum absolute atomic E-state index is 12.0. The Balaban J connectivity index is 1.23. The van der Waals surface area contributed by atoms with Gasteiger partial charge in [-0.15, -0.1) is 0 Å². The maximum atomic E-state index is 12.0. The average Bonchev–Trinajstić information content (AvgIpc) is 2.87. The van der Waals surface area contributed by atoms with Crippen molar-refractivity contribution in [3.05, 3.63) is 83.6 Å². The molecule has 2 aromatic carbocycles. The highest BCUT2D eigenvalue weighted by Crippen LogP contribution is 2.16. The summed E-state index contributed by atoms with van der Waals surface area (Å²) in [4.78, 5) is 21.8. The Labute approximate surface area is 193 Å². The summed E-state index contributed by atoms with van der Waals surface area (Å²) in [5.74, 6) is 0.192. The van der Waals surface area contributed by atoms with Crippen molar-refractivity contribution in [2.24, 2.45) is 5.16 Å². The van der Waals surface area contributed by atoms with E-state index in [4.69, 9.17) is 14.3 Å². The van der Waals surface area contributed by atoms with E-state index in [-0.39, 0.29) is 12.5 Å². The van der Waals surface area contributed by atoms with Crippen LogP contribution in [0, 0.1) is 0 Å². The summed E-state index contributed by atoms with van der Waals surface area (Å²) in [6, 6.07) is 18.0. The van der Waals surface area contributed by atoms with Gasteiger partial charge < -0.3 is 19.6 Å². The highest BCUT2D eigenvalue weighted by atomic mass is 16.6. The van der Waals surface area contributed by atoms with Crippen LogP contribution in [0.15, 0.2) is 77.6 Å². The summed E-state index contributed by atoms with van der Waals surface area (Å²) < 4.78 is 10.7. The van der Waals surface area contributed by atoms with Crippen LogP contribution in [0.2, 0.25) is 0 Å². The first-order valence-electron chi connectivity index (χ1n) is 10.9. The summed E-state index contributed by atoms with van der Waals surface area (Å²) in [6.07, 6.45) is 4.50. The fourth-order valence-corrected chi connectivity index (χ4v) is 3.39. The Morgan fingerprint density at radius 3 is 2.82 bits per heavy atom. The third-order valence-corrected chi connectivity index (χ3v) is 5.32. The summed E-state index contributed by atoms with van der Waals surface area (Å²) in [5, 5.41) is 9.42. The van der Waals surface area contributed by atoms with Gasteiger partial charge in [-0.25, -0.2) is 4.98 Å². The molecule has 2 heterocycles. The van der Waals surface area contributed by atoms with Gasteiger partial charge in [-0.05, 0) is 41.8 Å². The minimum atomic E-state index is -0.187. The fraction of sp³-hybridized carbons (Fsp3) is 0.269. The number of hydrogen-bond donors (Lipinski definition) is 1. The number of benzene rings is 2. The highest BCUT2D eigenvalue weighted by molar-refractivity contribution is 5.98. The van der Waals surface area contributed by atoms with Crippen LogP contribution in [0.3, 0.4) is 0 Å². The molecule has 0 unspecified atom stereocenters. The second-order valence-corrected chi connectivity index (χ2v) is 7.77. The smallest absolute Gasteiger partial charge is 0.258 e. The standard InChI is InChI=1S/C26H27N3O4/c1-19(29-33-17-21-6-7-22-4-2-3-5-23(22)14-21)24-8-9-26(28-16-24)32-18-25(30)27-15-20-10-12-31-13-11-20/h2-10,14,16H,11-13,15,17-18H2,1H3,(H,27,30)/b29-19+. The predicted molar refractivity (Wildman–Crippen MR) is 127 cm³/mol. The van der Waals surface area contributed by atoms with Crippen molar-refractivity contribution in [1.82, 2.24) is 10.3 Å². The first-order chi connectivity index (χ1) is 16.2. The molecule has 1 aromatic heterocycles. The van der Waals surface area contributed by atoms with Crippen LogP contribution in [-0.4, -0.2) is 43.0 Å². The Hall–Kier alpha value is -3.71. The van der Waals surface area contributed by atoms with Gasteiger partial charge in [0.1, 0.15) is 6.61 Å². The lowest BCUT2D eigenvalue weighted by atomic mass is 10.1. The third-order valence-electron chi connectivity index (χ3n) is 5.32. The van der Waals surface area contributed by atoms with Gasteiger partial charge >= 0.3 is 0 Å². The van der Waals surface area contributed by atoms with Crippen LogP contribution in [-0.2, 0) is 21.0 Å². The first kappa shape index (κ1) is 22.5. The lowest BCUT2D eigenvalue weighted by Gasteiger charge is -2.14. The number of ether oxygens (including phenoxy) is 2. The number of carbonyl (C=O) groups is 1. The van der Waals surface area contributed by atoms with Crippen LogP contribution in [0.4, 0.5) is 0 Å². The van der Waals surface area contributed by atoms with Gasteiger partial charge in [-0.1, -0.05) is 53.2 Å². The number of nitrogens with zero attached hydrogens (tertiary/aromatic N) is 2. The highest BCUT2D eigenvalue weighted by Gasteiger charge is 2.08. The molecule has 1 aliphatic rings. The minimum absolute atomic E-state index is 0.0853. The monoisotopic (exact) mass is 445 g/mol. The van der Waals surface area contributed by atoms with E-state index >= 15 is 0 Å². The van der Waals surface area contributed by atoms with E-state index < -0.39 is 0 Å². The number of aromatic nitrogens is 1. The molecule has 0 bridgehead atoms. The van der Waals surface area contributed by atoms with E-state index in [2.05, 4.69) is 39.7 Å². The van der Waals surface area contributed by atoms with E-state index in [1.165, 1.54) is 16.3 Å². The zero-order valence-electron chi connectivity index (χ0n) is 18.6. The van der Waals surface area contributed by atoms with Crippen molar-refractivity contribution in [1.29, 1.82) is 0 Å². The van der Waals surface area contributed by atoms with E-state index in [0.29, 0.717) is 38.0 Å². The zero-order chi connectivity index (χ0) is 22.9. The van der Waals surface area contributed by atoms with Gasteiger partial charge in [0.2, 0.25) is 5.88 Å². The SMILES string of the molecule is C/C(=N\OCc1ccc2ccccc2c1)c1ccc(OCC(=O)NCC2=CCOCC2)nc1. The Morgan fingerprint density at radius 1 is 1.15 bits per heavy atom. The Bertz CT molecular complexity index is 1160. The molecule has 0 atom stereocenters. The van der Waals surface area contributed by atoms with Gasteiger partial charge in [0, 0.05) is 24.4 Å². The fourth-order valence-electron chi connectivity index (χ4n) is 3.39. The van der Waals surface area contributed by atoms with Crippen molar-refractivity contribution < 1.29 is 19.1 Å². The summed E-state index contributed by atoms with van der Waals surface area (Å²) in [5.41, 5.74) is 3.75. The number of amides is 1. The second-order valence-electron chi connectivity index (χ2n) is 7.77. The Kier molecular flexibility index (Phi) is 7.66. The molecular formula is C26H27N3O4. The number of nitrogens with one attached hydrogen (secondary N) is 1. The molecule has 1 aliphatic heterocycles. The molecule has 0 fully saturated rings. The quantitative estimate of drug-likeness (QED) is 0.306. The lowest BCUT2D eigenvalue weighted by molar-refractivity contribution is -0.123. The molecule has 1 N–H and O–H groups in total. The molecule has 3 aromatic rings. The van der Waals surface area contributed by atoms with E-state index in [9.17, 15) is 4.79 Å². The molecule has 0 spiro atoms. The number of hydrogen-bond acceptors (Lipinski definition) is 6. The maximum Gasteiger partial charge on any atom is 0.258 e. The summed E-state index contributed by atoms with van der Waals surface area (Å²) >= 11 is 0. The van der Waals surface area contributed by atoms with Crippen LogP contribution in [0.5, 0.6) is 5.88 Å². The summed E-state index contributed by atoms with van der Waals surface area (Å²) in [6.45, 7) is 3.98. The second kappa shape index (κ2) is 11.2. The predicted octanol–water partition coefficient (Wildman–Crippen LogP) is 4.02. The molecule has 7 nitrogen and oxygen atoms in total. The molecule has 0 radical (unpaired) electrons. The normalized spacial score (nSPS) is 14.0. The molecule has 0 saturated heterocycles. The van der Waals surface area contributed by atoms with Gasteiger partial charge in [-0.3, -0.25) is 4.79 Å². The van der Waals surface area contributed by atoms with Gasteiger partial charge in [-0.2, -0.15) is 0 Å². The van der Waals surface area contributed by atoms with Crippen molar-refractivity contribution in [2.75, 3.05) is 26.4 Å². The molecule has 1 amide bonds. The summed E-state index contributed by atoms with van der Waals surface area (Å²) in [7, 11) is 0. The van der Waals surface area contributed by atoms with Crippen LogP contribution < -0.4 is 10.1 Å². The van der Waals surface area contributed by atoms with Gasteiger partial charge in [0.25, 0.3) is 5.91 Å². The van der Waals surface area contributed by atoms with Crippen LogP contribution in [0.25, 0.3) is 10.8 Å². The number of carbonyl (C=O) groups excluding carboxylic acids is 1. The average molecular weight is 446 g/mol. The zero-order valence-corrected chi connectivity index (χ0v) is 18.6. The molecule has 7 heteroatoms. The van der Waals surface area contributed by atoms with E-state index in [1.807, 2.05) is 37.3 Å². The van der Waals surface area contributed by atoms with E-state index in [0.717, 1.165) is 17.5 Å². The van der Waals surface area contributed by atoms with Gasteiger partial charge in [0.05, 0.1) is 18.9 Å². The number of pyridine rings is 1. The molecule has 4 rings (SSSR count). The number of fused-ring (bicyclic) bond motifs is 1. The van der Waals surface area contributed by atoms with Crippen molar-refractivity contribution in [3.63, 3.8) is 0 Å². The Morgan fingerprint density at radius 2 is 2.03 bits per heavy atom. The van der Waals surface area contributed by atoms with Crippen molar-refractivity contribution in [2.45, 2.75) is 20.0 Å². The van der Waals surface area contributed by atoms with Crippen LogP contribution >= 0.6 is 0 Å². The number of oxime groups is 1. The first-order valence-corrected chi connectivity index (χ1v) is 10.9. The van der Waals surface area contributed by atoms with E-state index in [1.54, 1.807) is 12.3 Å². The largest absolute Gasteiger partial charge is 0.468 e. The molecular weight excluding hydrogens is 418 g/mol. The third kappa shape index (κ3) is 6.63. The number of rotatable bonds is 9. The molecule has 33 heavy (non-hydrogen) atoms. The molecule has 170 valence electrons. The minimum Gasteiger partial charge on any atom is -0.468 e.